The summed E-state index contributed by atoms with van der Waals surface area (Å²) in [6.07, 6.45) is 1.99. The molecule has 2 aromatic heterocycles. The maximum absolute atomic E-state index is 12.5. The molecule has 0 radical (unpaired) electrons. The summed E-state index contributed by atoms with van der Waals surface area (Å²) < 4.78 is 26.3. The van der Waals surface area contributed by atoms with Crippen molar-refractivity contribution >= 4 is 27.4 Å². The fourth-order valence-electron chi connectivity index (χ4n) is 3.56. The fraction of sp³-hybridized carbons (Fsp3) is 0.318. The zero-order valence-corrected chi connectivity index (χ0v) is 19.5. The van der Waals surface area contributed by atoms with Gasteiger partial charge in [0.25, 0.3) is 0 Å². The molecule has 174 valence electrons. The Hall–Kier alpha value is -2.63. The number of nitrogens with zero attached hydrogens (tertiary/aromatic N) is 5. The third kappa shape index (κ3) is 5.15. The lowest BCUT2D eigenvalue weighted by atomic mass is 10.1. The lowest BCUT2D eigenvalue weighted by Crippen LogP contribution is -2.53. The Morgan fingerprint density at radius 3 is 2.30 bits per heavy atom. The number of halogens is 1. The van der Waals surface area contributed by atoms with E-state index in [1.54, 1.807) is 24.5 Å². The van der Waals surface area contributed by atoms with E-state index in [4.69, 9.17) is 21.6 Å². The highest BCUT2D eigenvalue weighted by Crippen LogP contribution is 2.28. The molecule has 4 rings (SSSR count). The highest BCUT2D eigenvalue weighted by Gasteiger charge is 2.36. The second-order valence-electron chi connectivity index (χ2n) is 7.75. The molecule has 1 aromatic carbocycles. The molecule has 9 nitrogen and oxygen atoms in total. The van der Waals surface area contributed by atoms with Crippen molar-refractivity contribution in [3.8, 4) is 22.6 Å². The van der Waals surface area contributed by atoms with Crippen LogP contribution in [0.15, 0.2) is 54.9 Å². The van der Waals surface area contributed by atoms with Gasteiger partial charge in [-0.25, -0.2) is 18.4 Å². The van der Waals surface area contributed by atoms with Crippen LogP contribution < -0.4 is 4.90 Å². The first-order valence-corrected chi connectivity index (χ1v) is 12.3. The SMILES string of the molecule is CC(O)C(O)S(=O)(=O)N1CCN(c2cc(-c3ccc(Cl)cc3)nc(-c3cccnc3)n2)CC1. The minimum atomic E-state index is -4.01. The lowest BCUT2D eigenvalue weighted by Gasteiger charge is -2.36. The third-order valence-electron chi connectivity index (χ3n) is 5.41. The van der Waals surface area contributed by atoms with E-state index in [-0.39, 0.29) is 13.1 Å². The maximum atomic E-state index is 12.5. The van der Waals surface area contributed by atoms with Gasteiger partial charge in [-0.05, 0) is 31.2 Å². The van der Waals surface area contributed by atoms with Gasteiger partial charge < -0.3 is 15.1 Å². The number of piperazine rings is 1. The second-order valence-corrected chi connectivity index (χ2v) is 10.2. The Morgan fingerprint density at radius 2 is 1.70 bits per heavy atom. The van der Waals surface area contributed by atoms with Gasteiger partial charge in [0.2, 0.25) is 10.0 Å². The van der Waals surface area contributed by atoms with Crippen molar-refractivity contribution in [3.63, 3.8) is 0 Å². The van der Waals surface area contributed by atoms with Crippen LogP contribution in [-0.2, 0) is 10.0 Å². The molecule has 0 aliphatic carbocycles. The molecule has 11 heteroatoms. The van der Waals surface area contributed by atoms with Crippen LogP contribution in [0, 0.1) is 0 Å². The Bertz CT molecular complexity index is 1200. The fourth-order valence-corrected chi connectivity index (χ4v) is 5.16. The van der Waals surface area contributed by atoms with Crippen LogP contribution in [0.2, 0.25) is 5.02 Å². The first-order valence-electron chi connectivity index (χ1n) is 10.4. The van der Waals surface area contributed by atoms with Crippen LogP contribution in [0.3, 0.4) is 0 Å². The second kappa shape index (κ2) is 9.70. The van der Waals surface area contributed by atoms with Crippen LogP contribution in [0.25, 0.3) is 22.6 Å². The van der Waals surface area contributed by atoms with Crippen LogP contribution in [0.5, 0.6) is 0 Å². The third-order valence-corrected chi connectivity index (χ3v) is 7.75. The minimum absolute atomic E-state index is 0.161. The molecule has 0 bridgehead atoms. The summed E-state index contributed by atoms with van der Waals surface area (Å²) in [6.45, 7) is 2.31. The van der Waals surface area contributed by atoms with Gasteiger partial charge in [0.1, 0.15) is 5.82 Å². The quantitative estimate of drug-likeness (QED) is 0.539. The smallest absolute Gasteiger partial charge is 0.243 e. The highest BCUT2D eigenvalue weighted by molar-refractivity contribution is 7.89. The molecule has 1 aliphatic rings. The summed E-state index contributed by atoms with van der Waals surface area (Å²) in [5.74, 6) is 1.16. The van der Waals surface area contributed by atoms with E-state index in [1.807, 2.05) is 35.2 Å². The number of aliphatic hydroxyl groups excluding tert-OH is 2. The summed E-state index contributed by atoms with van der Waals surface area (Å²) >= 11 is 6.04. The Labute approximate surface area is 197 Å². The van der Waals surface area contributed by atoms with E-state index >= 15 is 0 Å². The number of pyridine rings is 1. The molecule has 0 saturated carbocycles. The lowest BCUT2D eigenvalue weighted by molar-refractivity contribution is 0.0764. The van der Waals surface area contributed by atoms with E-state index in [9.17, 15) is 18.6 Å². The van der Waals surface area contributed by atoms with Gasteiger partial charge in [0, 0.05) is 60.8 Å². The first kappa shape index (κ1) is 23.5. The molecule has 1 aliphatic heterocycles. The van der Waals surface area contributed by atoms with Crippen molar-refractivity contribution < 1.29 is 18.6 Å². The predicted molar refractivity (Wildman–Crippen MR) is 126 cm³/mol. The van der Waals surface area contributed by atoms with Gasteiger partial charge in [-0.2, -0.15) is 4.31 Å². The van der Waals surface area contributed by atoms with E-state index < -0.39 is 21.6 Å². The van der Waals surface area contributed by atoms with Gasteiger partial charge in [-0.1, -0.05) is 23.7 Å². The van der Waals surface area contributed by atoms with E-state index in [0.717, 1.165) is 11.1 Å². The molecular formula is C22H24ClN5O4S. The first-order chi connectivity index (χ1) is 15.8. The number of hydrogen-bond acceptors (Lipinski definition) is 8. The molecule has 3 heterocycles. The van der Waals surface area contributed by atoms with Crippen LogP contribution in [0.4, 0.5) is 5.82 Å². The number of hydrogen-bond donors (Lipinski definition) is 2. The molecule has 2 unspecified atom stereocenters. The van der Waals surface area contributed by atoms with Gasteiger partial charge in [0.05, 0.1) is 11.8 Å². The molecule has 2 N–H and O–H groups in total. The molecule has 33 heavy (non-hydrogen) atoms. The average molecular weight is 490 g/mol. The zero-order chi connectivity index (χ0) is 23.6. The number of benzene rings is 1. The highest BCUT2D eigenvalue weighted by atomic mass is 35.5. The monoisotopic (exact) mass is 489 g/mol. The molecule has 2 atom stereocenters. The van der Waals surface area contributed by atoms with Crippen LogP contribution in [-0.4, -0.2) is 75.6 Å². The van der Waals surface area contributed by atoms with Crippen molar-refractivity contribution in [1.82, 2.24) is 19.3 Å². The van der Waals surface area contributed by atoms with Crippen molar-refractivity contribution in [3.05, 3.63) is 59.9 Å². The molecule has 0 amide bonds. The van der Waals surface area contributed by atoms with Gasteiger partial charge in [-0.15, -0.1) is 0 Å². The van der Waals surface area contributed by atoms with Gasteiger partial charge >= 0.3 is 0 Å². The van der Waals surface area contributed by atoms with Crippen LogP contribution >= 0.6 is 11.6 Å². The number of sulfonamides is 1. The van der Waals surface area contributed by atoms with Crippen LogP contribution in [0.1, 0.15) is 6.92 Å². The Kier molecular flexibility index (Phi) is 6.91. The summed E-state index contributed by atoms with van der Waals surface area (Å²) in [6, 6.07) is 12.9. The van der Waals surface area contributed by atoms with Crippen molar-refractivity contribution in [1.29, 1.82) is 0 Å². The number of aliphatic hydroxyl groups is 2. The van der Waals surface area contributed by atoms with Gasteiger partial charge in [0.15, 0.2) is 11.3 Å². The molecular weight excluding hydrogens is 466 g/mol. The van der Waals surface area contributed by atoms with Crippen molar-refractivity contribution in [2.75, 3.05) is 31.1 Å². The summed E-state index contributed by atoms with van der Waals surface area (Å²) in [5, 5.41) is 20.0. The van der Waals surface area contributed by atoms with E-state index in [1.165, 1.54) is 11.2 Å². The Morgan fingerprint density at radius 1 is 1.00 bits per heavy atom. The number of rotatable bonds is 6. The van der Waals surface area contributed by atoms with Gasteiger partial charge in [-0.3, -0.25) is 4.98 Å². The standard InChI is InChI=1S/C22H24ClN5O4S/c1-15(29)22(30)33(31,32)28-11-9-27(10-12-28)20-13-19(16-4-6-18(23)7-5-16)25-21(26-20)17-3-2-8-24-14-17/h2-8,13-15,22,29-30H,9-12H2,1H3. The average Bonchev–Trinajstić information content (AvgIpc) is 2.84. The molecule has 1 fully saturated rings. The molecule has 1 saturated heterocycles. The topological polar surface area (TPSA) is 120 Å². The predicted octanol–water partition coefficient (Wildman–Crippen LogP) is 2.01. The normalized spacial score (nSPS) is 17.0. The minimum Gasteiger partial charge on any atom is -0.390 e. The molecule has 0 spiro atoms. The molecule has 3 aromatic rings. The number of aromatic nitrogens is 3. The summed E-state index contributed by atoms with van der Waals surface area (Å²) in [4.78, 5) is 15.5. The number of anilines is 1. The van der Waals surface area contributed by atoms with Crippen molar-refractivity contribution in [2.45, 2.75) is 18.5 Å². The zero-order valence-electron chi connectivity index (χ0n) is 17.9. The summed E-state index contributed by atoms with van der Waals surface area (Å²) in [5.41, 5.74) is 0.484. The van der Waals surface area contributed by atoms with Crippen molar-refractivity contribution in [2.24, 2.45) is 0 Å². The largest absolute Gasteiger partial charge is 0.390 e. The van der Waals surface area contributed by atoms with E-state index in [2.05, 4.69) is 4.98 Å². The maximum Gasteiger partial charge on any atom is 0.243 e. The van der Waals surface area contributed by atoms with E-state index in [0.29, 0.717) is 35.4 Å². The summed E-state index contributed by atoms with van der Waals surface area (Å²) in [7, 11) is -4.01. The Balaban J connectivity index is 1.64.